The van der Waals surface area contributed by atoms with Crippen LogP contribution in [0.5, 0.6) is 11.5 Å². The number of carboxylic acids is 1. The van der Waals surface area contributed by atoms with E-state index in [1.54, 1.807) is 37.6 Å². The molecule has 1 aromatic heterocycles. The molecule has 1 aliphatic carbocycles. The van der Waals surface area contributed by atoms with E-state index in [2.05, 4.69) is 4.98 Å². The molecule has 1 fully saturated rings. The van der Waals surface area contributed by atoms with Crippen molar-refractivity contribution in [3.63, 3.8) is 0 Å². The number of aromatic hydroxyl groups is 1. The van der Waals surface area contributed by atoms with Gasteiger partial charge in [-0.2, -0.15) is 0 Å². The summed E-state index contributed by atoms with van der Waals surface area (Å²) in [6.07, 6.45) is 6.94. The van der Waals surface area contributed by atoms with Crippen molar-refractivity contribution in [1.82, 2.24) is 4.98 Å². The molecule has 1 saturated carbocycles. The van der Waals surface area contributed by atoms with E-state index in [0.717, 1.165) is 25.7 Å². The largest absolute Gasteiger partial charge is 0.505 e. The summed E-state index contributed by atoms with van der Waals surface area (Å²) in [7, 11) is 1.55. The molecule has 0 bridgehead atoms. The fraction of sp³-hybridized carbons (Fsp3) is 0.240. The fourth-order valence-electron chi connectivity index (χ4n) is 4.35. The number of pyridine rings is 1. The number of hydrogen-bond donors (Lipinski definition) is 2. The number of anilines is 2. The number of carbonyl (C=O) groups excluding carboxylic acids is 1. The zero-order valence-electron chi connectivity index (χ0n) is 18.0. The van der Waals surface area contributed by atoms with Gasteiger partial charge in [-0.05, 0) is 61.2 Å². The number of aromatic carboxylic acids is 1. The number of phenols is 1. The van der Waals surface area contributed by atoms with Crippen LogP contribution in [0.3, 0.4) is 0 Å². The Morgan fingerprint density at radius 1 is 1.15 bits per heavy atom. The van der Waals surface area contributed by atoms with Crippen molar-refractivity contribution in [3.8, 4) is 11.5 Å². The van der Waals surface area contributed by atoms with Gasteiger partial charge in [0.1, 0.15) is 11.5 Å². The Labute approximate surface area is 196 Å². The van der Waals surface area contributed by atoms with Crippen LogP contribution in [0.4, 0.5) is 11.4 Å². The van der Waals surface area contributed by atoms with Crippen LogP contribution in [0.15, 0.2) is 54.9 Å². The van der Waals surface area contributed by atoms with Crippen LogP contribution in [-0.2, 0) is 0 Å². The molecule has 33 heavy (non-hydrogen) atoms. The van der Waals surface area contributed by atoms with Gasteiger partial charge in [0.15, 0.2) is 0 Å². The van der Waals surface area contributed by atoms with Gasteiger partial charge in [0, 0.05) is 18.0 Å². The molecule has 0 atom stereocenters. The maximum atomic E-state index is 13.6. The lowest BCUT2D eigenvalue weighted by Gasteiger charge is -2.27. The molecule has 8 heteroatoms. The van der Waals surface area contributed by atoms with Crippen LogP contribution >= 0.6 is 11.6 Å². The van der Waals surface area contributed by atoms with Crippen LogP contribution in [-0.4, -0.2) is 34.2 Å². The maximum Gasteiger partial charge on any atom is 0.337 e. The molecular weight excluding hydrogens is 444 g/mol. The number of ether oxygens (including phenoxy) is 1. The average molecular weight is 467 g/mol. The van der Waals surface area contributed by atoms with Gasteiger partial charge in [0.2, 0.25) is 0 Å². The number of halogens is 1. The van der Waals surface area contributed by atoms with E-state index >= 15 is 0 Å². The highest BCUT2D eigenvalue weighted by atomic mass is 35.5. The lowest BCUT2D eigenvalue weighted by atomic mass is 9.94. The van der Waals surface area contributed by atoms with Gasteiger partial charge >= 0.3 is 5.97 Å². The first-order valence-corrected chi connectivity index (χ1v) is 11.0. The summed E-state index contributed by atoms with van der Waals surface area (Å²) in [5, 5.41) is 20.7. The van der Waals surface area contributed by atoms with Crippen molar-refractivity contribution >= 4 is 34.9 Å². The van der Waals surface area contributed by atoms with Crippen LogP contribution in [0.25, 0.3) is 0 Å². The smallest absolute Gasteiger partial charge is 0.337 e. The van der Waals surface area contributed by atoms with Crippen molar-refractivity contribution in [2.24, 2.45) is 0 Å². The number of amides is 1. The van der Waals surface area contributed by atoms with E-state index in [-0.39, 0.29) is 27.9 Å². The lowest BCUT2D eigenvalue weighted by molar-refractivity contribution is 0.0697. The quantitative estimate of drug-likeness (QED) is 0.477. The monoisotopic (exact) mass is 466 g/mol. The van der Waals surface area contributed by atoms with Crippen molar-refractivity contribution in [1.29, 1.82) is 0 Å². The number of phenolic OH excluding ortho intramolecular Hbond substituents is 1. The molecule has 170 valence electrons. The first kappa shape index (κ1) is 22.6. The molecule has 2 aromatic carbocycles. The molecule has 0 spiro atoms. The summed E-state index contributed by atoms with van der Waals surface area (Å²) in [6, 6.07) is 10.8. The second-order valence-electron chi connectivity index (χ2n) is 7.88. The van der Waals surface area contributed by atoms with Crippen molar-refractivity contribution in [3.05, 3.63) is 76.6 Å². The van der Waals surface area contributed by atoms with Crippen molar-refractivity contribution in [2.75, 3.05) is 12.0 Å². The normalized spacial score (nSPS) is 13.6. The molecule has 0 saturated heterocycles. The lowest BCUT2D eigenvalue weighted by Crippen LogP contribution is -2.26. The van der Waals surface area contributed by atoms with Gasteiger partial charge in [-0.15, -0.1) is 0 Å². The zero-order valence-corrected chi connectivity index (χ0v) is 18.7. The number of carbonyl (C=O) groups is 2. The third-order valence-electron chi connectivity index (χ3n) is 5.93. The molecule has 0 aliphatic heterocycles. The molecule has 3 aromatic rings. The highest BCUT2D eigenvalue weighted by molar-refractivity contribution is 6.34. The van der Waals surface area contributed by atoms with Crippen LogP contribution in [0.2, 0.25) is 5.02 Å². The Bertz CT molecular complexity index is 1190. The first-order chi connectivity index (χ1) is 15.9. The van der Waals surface area contributed by atoms with E-state index in [9.17, 15) is 19.8 Å². The zero-order chi connectivity index (χ0) is 23.5. The Kier molecular flexibility index (Phi) is 6.51. The van der Waals surface area contributed by atoms with Gasteiger partial charge in [-0.3, -0.25) is 14.7 Å². The van der Waals surface area contributed by atoms with Crippen LogP contribution < -0.4 is 9.64 Å². The molecule has 1 heterocycles. The van der Waals surface area contributed by atoms with Crippen molar-refractivity contribution in [2.45, 2.75) is 31.6 Å². The minimum absolute atomic E-state index is 0.0204. The van der Waals surface area contributed by atoms with Crippen molar-refractivity contribution < 1.29 is 24.5 Å². The second-order valence-corrected chi connectivity index (χ2v) is 8.29. The Hall–Kier alpha value is -3.58. The van der Waals surface area contributed by atoms with Gasteiger partial charge in [-0.1, -0.05) is 24.4 Å². The average Bonchev–Trinajstić information content (AvgIpc) is 3.34. The van der Waals surface area contributed by atoms with Crippen LogP contribution in [0.1, 0.15) is 57.9 Å². The summed E-state index contributed by atoms with van der Waals surface area (Å²) in [4.78, 5) is 30.4. The summed E-state index contributed by atoms with van der Waals surface area (Å²) < 4.78 is 5.53. The Morgan fingerprint density at radius 3 is 2.52 bits per heavy atom. The molecule has 0 radical (unpaired) electrons. The molecule has 2 N–H and O–H groups in total. The third-order valence-corrected chi connectivity index (χ3v) is 6.25. The van der Waals surface area contributed by atoms with E-state index in [1.165, 1.54) is 29.3 Å². The predicted octanol–water partition coefficient (Wildman–Crippen LogP) is 5.78. The molecule has 4 rings (SSSR count). The number of rotatable bonds is 6. The minimum Gasteiger partial charge on any atom is -0.505 e. The molecule has 1 aliphatic rings. The first-order valence-electron chi connectivity index (χ1n) is 10.6. The highest BCUT2D eigenvalue weighted by Gasteiger charge is 2.30. The van der Waals surface area contributed by atoms with E-state index < -0.39 is 11.9 Å². The summed E-state index contributed by atoms with van der Waals surface area (Å²) in [6.45, 7) is 0. The Morgan fingerprint density at radius 2 is 1.91 bits per heavy atom. The number of carboxylic acid groups (broad SMARTS) is 1. The standard InChI is InChI=1S/C25H23ClN2O5/c1-33-21-11-10-20(23(29)22(21)15-5-2-3-6-15)28(24(30)16-7-4-12-27-14-16)17-8-9-18(25(31)32)19(26)13-17/h4,7-15,29H,2-3,5-6H2,1H3,(H,31,32). The number of hydrogen-bond acceptors (Lipinski definition) is 5. The topological polar surface area (TPSA) is 100.0 Å². The minimum atomic E-state index is -1.17. The van der Waals surface area contributed by atoms with Gasteiger partial charge in [-0.25, -0.2) is 4.79 Å². The number of aromatic nitrogens is 1. The number of methoxy groups -OCH3 is 1. The second kappa shape index (κ2) is 9.50. The fourth-order valence-corrected chi connectivity index (χ4v) is 4.60. The SMILES string of the molecule is COc1ccc(N(C(=O)c2cccnc2)c2ccc(C(=O)O)c(Cl)c2)c(O)c1C1CCCC1. The number of nitrogens with zero attached hydrogens (tertiary/aromatic N) is 2. The molecular formula is C25H23ClN2O5. The molecule has 0 unspecified atom stereocenters. The maximum absolute atomic E-state index is 13.6. The predicted molar refractivity (Wildman–Crippen MR) is 125 cm³/mol. The molecule has 1 amide bonds. The summed E-state index contributed by atoms with van der Waals surface area (Å²) in [5.41, 5.74) is 1.46. The van der Waals surface area contributed by atoms with Gasteiger partial charge in [0.05, 0.1) is 34.6 Å². The Balaban J connectivity index is 1.90. The van der Waals surface area contributed by atoms with E-state index in [1.807, 2.05) is 0 Å². The molecule has 7 nitrogen and oxygen atoms in total. The summed E-state index contributed by atoms with van der Waals surface area (Å²) in [5.74, 6) is -0.978. The highest BCUT2D eigenvalue weighted by Crippen LogP contribution is 2.48. The number of benzene rings is 2. The third kappa shape index (κ3) is 4.36. The summed E-state index contributed by atoms with van der Waals surface area (Å²) >= 11 is 6.22. The van der Waals surface area contributed by atoms with E-state index in [0.29, 0.717) is 22.6 Å². The van der Waals surface area contributed by atoms with Gasteiger partial charge in [0.25, 0.3) is 5.91 Å². The van der Waals surface area contributed by atoms with E-state index in [4.69, 9.17) is 16.3 Å². The van der Waals surface area contributed by atoms with Gasteiger partial charge < -0.3 is 14.9 Å². The van der Waals surface area contributed by atoms with Crippen LogP contribution in [0, 0.1) is 0 Å².